The number of esters is 4. The van der Waals surface area contributed by atoms with Gasteiger partial charge < -0.3 is 19.3 Å². The monoisotopic (exact) mass is 568 g/mol. The van der Waals surface area contributed by atoms with E-state index in [2.05, 4.69) is 32.4 Å². The molecule has 0 saturated carbocycles. The summed E-state index contributed by atoms with van der Waals surface area (Å²) in [6, 6.07) is 13.9. The molecule has 0 fully saturated rings. The predicted molar refractivity (Wildman–Crippen MR) is 156 cm³/mol. The fraction of sp³-hybridized carbons (Fsp3) is 0.515. The van der Waals surface area contributed by atoms with E-state index in [0.29, 0.717) is 23.1 Å². The molecule has 2 aromatic rings. The largest absolute Gasteiger partial charge is 0.465 e. The van der Waals surface area contributed by atoms with Gasteiger partial charge in [-0.05, 0) is 41.7 Å². The number of rotatable bonds is 13. The molecule has 1 atom stereocenters. The van der Waals surface area contributed by atoms with Gasteiger partial charge in [0.25, 0.3) is 0 Å². The topological polar surface area (TPSA) is 116 Å². The molecule has 0 saturated heterocycles. The molecule has 0 bridgehead atoms. The van der Waals surface area contributed by atoms with E-state index in [9.17, 15) is 24.3 Å². The number of carbonyl (C=O) groups excluding carboxylic acids is 4. The number of hydrogen-bond acceptors (Lipinski definition) is 8. The minimum atomic E-state index is -0.822. The summed E-state index contributed by atoms with van der Waals surface area (Å²) in [6.45, 7) is 10.0. The van der Waals surface area contributed by atoms with E-state index >= 15 is 0 Å². The molecule has 224 valence electrons. The van der Waals surface area contributed by atoms with Crippen molar-refractivity contribution in [2.24, 2.45) is 5.41 Å². The Morgan fingerprint density at radius 1 is 0.780 bits per heavy atom. The molecule has 0 aromatic heterocycles. The molecule has 0 amide bonds. The van der Waals surface area contributed by atoms with Crippen LogP contribution in [0.15, 0.2) is 48.5 Å². The van der Waals surface area contributed by atoms with Gasteiger partial charge in [-0.3, -0.25) is 4.79 Å². The van der Waals surface area contributed by atoms with Crippen LogP contribution >= 0.6 is 0 Å². The summed E-state index contributed by atoms with van der Waals surface area (Å²) in [5.41, 5.74) is 1.50. The molecular weight excluding hydrogens is 524 g/mol. The van der Waals surface area contributed by atoms with Crippen LogP contribution in [0.25, 0.3) is 0 Å². The second kappa shape index (κ2) is 16.1. The fourth-order valence-corrected chi connectivity index (χ4v) is 3.97. The minimum absolute atomic E-state index is 0.0112. The third-order valence-corrected chi connectivity index (χ3v) is 6.79. The van der Waals surface area contributed by atoms with Crippen LogP contribution in [0.2, 0.25) is 0 Å². The number of cyclic esters (lactones) is 2. The van der Waals surface area contributed by atoms with Crippen molar-refractivity contribution in [2.75, 3.05) is 19.8 Å². The summed E-state index contributed by atoms with van der Waals surface area (Å²) in [7, 11) is 0. The SMILES string of the molecule is CCCCCCCCC(=O)OCC(C)(CO)COC(=O)c1ccc(C(C)(C)C)cc1.O=C1OC(=O)c2ccccc21. The van der Waals surface area contributed by atoms with Crippen molar-refractivity contribution in [3.63, 3.8) is 0 Å². The van der Waals surface area contributed by atoms with Gasteiger partial charge in [0.2, 0.25) is 0 Å². The smallest absolute Gasteiger partial charge is 0.346 e. The van der Waals surface area contributed by atoms with Gasteiger partial charge in [-0.15, -0.1) is 0 Å². The van der Waals surface area contributed by atoms with Crippen LogP contribution in [0.5, 0.6) is 0 Å². The third-order valence-electron chi connectivity index (χ3n) is 6.79. The van der Waals surface area contributed by atoms with Crippen molar-refractivity contribution in [2.45, 2.75) is 85.0 Å². The lowest BCUT2D eigenvalue weighted by Gasteiger charge is -2.26. The summed E-state index contributed by atoms with van der Waals surface area (Å²) >= 11 is 0. The molecule has 1 unspecified atom stereocenters. The lowest BCUT2D eigenvalue weighted by atomic mass is 9.87. The van der Waals surface area contributed by atoms with Crippen LogP contribution < -0.4 is 0 Å². The van der Waals surface area contributed by atoms with Crippen LogP contribution in [-0.4, -0.2) is 48.8 Å². The van der Waals surface area contributed by atoms with Gasteiger partial charge in [0.1, 0.15) is 13.2 Å². The van der Waals surface area contributed by atoms with E-state index in [-0.39, 0.29) is 31.2 Å². The van der Waals surface area contributed by atoms with E-state index in [4.69, 9.17) is 9.47 Å². The molecule has 8 nitrogen and oxygen atoms in total. The van der Waals surface area contributed by atoms with Crippen molar-refractivity contribution in [3.05, 3.63) is 70.8 Å². The van der Waals surface area contributed by atoms with Crippen LogP contribution in [0.1, 0.15) is 116 Å². The highest BCUT2D eigenvalue weighted by Crippen LogP contribution is 2.23. The third kappa shape index (κ3) is 11.1. The van der Waals surface area contributed by atoms with E-state index in [1.54, 1.807) is 43.3 Å². The lowest BCUT2D eigenvalue weighted by Crippen LogP contribution is -2.35. The van der Waals surface area contributed by atoms with Crippen molar-refractivity contribution >= 4 is 23.9 Å². The highest BCUT2D eigenvalue weighted by Gasteiger charge is 2.29. The first kappa shape index (κ1) is 33.7. The Morgan fingerprint density at radius 3 is 1.85 bits per heavy atom. The van der Waals surface area contributed by atoms with E-state index in [1.165, 1.54) is 19.3 Å². The van der Waals surface area contributed by atoms with Gasteiger partial charge >= 0.3 is 23.9 Å². The molecule has 1 aliphatic heterocycles. The molecule has 2 aromatic carbocycles. The van der Waals surface area contributed by atoms with Crippen molar-refractivity contribution in [3.8, 4) is 0 Å². The Hall–Kier alpha value is -3.52. The van der Waals surface area contributed by atoms with Gasteiger partial charge in [-0.2, -0.15) is 0 Å². The molecule has 41 heavy (non-hydrogen) atoms. The zero-order chi connectivity index (χ0) is 30.5. The molecule has 1 heterocycles. The van der Waals surface area contributed by atoms with E-state index < -0.39 is 23.3 Å². The Kier molecular flexibility index (Phi) is 13.2. The second-order valence-corrected chi connectivity index (χ2v) is 11.8. The average molecular weight is 569 g/mol. The van der Waals surface area contributed by atoms with Gasteiger partial charge in [0.15, 0.2) is 0 Å². The molecule has 0 aliphatic carbocycles. The minimum Gasteiger partial charge on any atom is -0.465 e. The maximum Gasteiger partial charge on any atom is 0.346 e. The highest BCUT2D eigenvalue weighted by molar-refractivity contribution is 6.14. The van der Waals surface area contributed by atoms with Gasteiger partial charge in [0, 0.05) is 6.42 Å². The number of carbonyl (C=O) groups is 4. The molecular formula is C33H44O8. The Labute approximate surface area is 243 Å². The van der Waals surface area contributed by atoms with Gasteiger partial charge in [-0.1, -0.05) is 91.0 Å². The first-order valence-electron chi connectivity index (χ1n) is 14.3. The first-order chi connectivity index (χ1) is 19.4. The number of benzene rings is 2. The number of hydrogen-bond donors (Lipinski definition) is 1. The summed E-state index contributed by atoms with van der Waals surface area (Å²) in [5.74, 6) is -1.82. The zero-order valence-electron chi connectivity index (χ0n) is 25.0. The Balaban J connectivity index is 0.000000438. The number of unbranched alkanes of at least 4 members (excludes halogenated alkanes) is 5. The first-order valence-corrected chi connectivity index (χ1v) is 14.3. The number of aliphatic hydroxyl groups is 1. The summed E-state index contributed by atoms with van der Waals surface area (Å²) < 4.78 is 15.1. The van der Waals surface area contributed by atoms with Crippen molar-refractivity contribution in [1.29, 1.82) is 0 Å². The molecule has 1 aliphatic rings. The Bertz CT molecular complexity index is 1130. The van der Waals surface area contributed by atoms with Gasteiger partial charge in [0.05, 0.1) is 28.7 Å². The molecule has 3 rings (SSSR count). The quantitative estimate of drug-likeness (QED) is 0.127. The number of ether oxygens (including phenoxy) is 3. The standard InChI is InChI=1S/C25H40O5.C8H4O3/c1-6-7-8-9-10-11-12-22(27)29-18-25(5,17-26)19-30-23(28)20-13-15-21(16-14-20)24(2,3)4;9-7-5-3-1-2-4-6(5)8(10)11-7/h13-16,26H,6-12,17-19H2,1-5H3;1-4H. The lowest BCUT2D eigenvalue weighted by molar-refractivity contribution is -0.149. The van der Waals surface area contributed by atoms with Crippen LogP contribution in [-0.2, 0) is 24.4 Å². The van der Waals surface area contributed by atoms with Crippen LogP contribution in [0.3, 0.4) is 0 Å². The van der Waals surface area contributed by atoms with E-state index in [0.717, 1.165) is 24.8 Å². The average Bonchev–Trinajstić information content (AvgIpc) is 3.25. The second-order valence-electron chi connectivity index (χ2n) is 11.8. The molecule has 1 N–H and O–H groups in total. The van der Waals surface area contributed by atoms with Gasteiger partial charge in [-0.25, -0.2) is 14.4 Å². The Morgan fingerprint density at radius 2 is 1.32 bits per heavy atom. The number of aliphatic hydroxyl groups excluding tert-OH is 1. The summed E-state index contributed by atoms with van der Waals surface area (Å²) in [5, 5.41) is 9.72. The van der Waals surface area contributed by atoms with Crippen LogP contribution in [0.4, 0.5) is 0 Å². The van der Waals surface area contributed by atoms with Crippen LogP contribution in [0, 0.1) is 5.41 Å². The fourth-order valence-electron chi connectivity index (χ4n) is 3.97. The zero-order valence-corrected chi connectivity index (χ0v) is 25.0. The number of fused-ring (bicyclic) bond motifs is 1. The highest BCUT2D eigenvalue weighted by atomic mass is 16.6. The van der Waals surface area contributed by atoms with Crippen molar-refractivity contribution < 1.29 is 38.5 Å². The predicted octanol–water partition coefficient (Wildman–Crippen LogP) is 6.43. The maximum atomic E-state index is 12.3. The van der Waals surface area contributed by atoms with Crippen molar-refractivity contribution in [1.82, 2.24) is 0 Å². The molecule has 8 heteroatoms. The maximum absolute atomic E-state index is 12.3. The molecule has 0 spiro atoms. The normalized spacial score (nSPS) is 13.8. The summed E-state index contributed by atoms with van der Waals surface area (Å²) in [6.07, 6.45) is 7.01. The molecule has 0 radical (unpaired) electrons. The summed E-state index contributed by atoms with van der Waals surface area (Å²) in [4.78, 5) is 46.0. The van der Waals surface area contributed by atoms with E-state index in [1.807, 2.05) is 12.1 Å².